The fourth-order valence-electron chi connectivity index (χ4n) is 1.30. The quantitative estimate of drug-likeness (QED) is 0.807. The van der Waals surface area contributed by atoms with E-state index in [1.165, 1.54) is 20.9 Å². The van der Waals surface area contributed by atoms with Crippen LogP contribution in [0.3, 0.4) is 0 Å². The van der Waals surface area contributed by atoms with Gasteiger partial charge in [0.05, 0.1) is 0 Å². The molecule has 3 heteroatoms. The Bertz CT molecular complexity index is 400. The van der Waals surface area contributed by atoms with E-state index in [1.54, 1.807) is 22.7 Å². The van der Waals surface area contributed by atoms with Crippen LogP contribution in [-0.2, 0) is 6.54 Å². The SMILES string of the molecule is Cc1ccsc1-c1sccc1CN. The molecule has 0 saturated heterocycles. The molecule has 2 rings (SSSR count). The molecule has 13 heavy (non-hydrogen) atoms. The summed E-state index contributed by atoms with van der Waals surface area (Å²) in [5.74, 6) is 0. The molecule has 0 saturated carbocycles. The molecule has 0 aliphatic rings. The third kappa shape index (κ3) is 1.55. The highest BCUT2D eigenvalue weighted by Gasteiger charge is 2.08. The molecule has 1 nitrogen and oxygen atoms in total. The lowest BCUT2D eigenvalue weighted by Crippen LogP contribution is -1.95. The summed E-state index contributed by atoms with van der Waals surface area (Å²) < 4.78 is 0. The Morgan fingerprint density at radius 1 is 1.15 bits per heavy atom. The number of hydrogen-bond acceptors (Lipinski definition) is 3. The van der Waals surface area contributed by atoms with Gasteiger partial charge in [-0.15, -0.1) is 22.7 Å². The Morgan fingerprint density at radius 3 is 2.46 bits per heavy atom. The number of hydrogen-bond donors (Lipinski definition) is 1. The number of nitrogens with two attached hydrogens (primary N) is 1. The minimum Gasteiger partial charge on any atom is -0.326 e. The highest BCUT2D eigenvalue weighted by molar-refractivity contribution is 7.20. The molecule has 2 aromatic heterocycles. The summed E-state index contributed by atoms with van der Waals surface area (Å²) >= 11 is 3.57. The third-order valence-electron chi connectivity index (χ3n) is 2.04. The van der Waals surface area contributed by atoms with Crippen LogP contribution in [0.25, 0.3) is 9.75 Å². The minimum absolute atomic E-state index is 0.635. The maximum Gasteiger partial charge on any atom is 0.0490 e. The molecule has 2 N–H and O–H groups in total. The number of rotatable bonds is 2. The highest BCUT2D eigenvalue weighted by Crippen LogP contribution is 2.35. The summed E-state index contributed by atoms with van der Waals surface area (Å²) in [6.07, 6.45) is 0. The molecular formula is C10H11NS2. The van der Waals surface area contributed by atoms with Crippen molar-refractivity contribution in [3.63, 3.8) is 0 Å². The first kappa shape index (κ1) is 8.94. The van der Waals surface area contributed by atoms with Gasteiger partial charge in [-0.1, -0.05) is 0 Å². The van der Waals surface area contributed by atoms with Crippen molar-refractivity contribution in [3.05, 3.63) is 34.0 Å². The Balaban J connectivity index is 2.52. The van der Waals surface area contributed by atoms with Crippen LogP contribution in [0.4, 0.5) is 0 Å². The van der Waals surface area contributed by atoms with Gasteiger partial charge in [0.15, 0.2) is 0 Å². The normalized spacial score (nSPS) is 10.6. The smallest absolute Gasteiger partial charge is 0.0490 e. The molecule has 2 heterocycles. The highest BCUT2D eigenvalue weighted by atomic mass is 32.1. The van der Waals surface area contributed by atoms with E-state index in [9.17, 15) is 0 Å². The predicted octanol–water partition coefficient (Wildman–Crippen LogP) is 3.24. The molecule has 0 unspecified atom stereocenters. The van der Waals surface area contributed by atoms with E-state index in [0.29, 0.717) is 6.54 Å². The van der Waals surface area contributed by atoms with Gasteiger partial charge in [-0.25, -0.2) is 0 Å². The van der Waals surface area contributed by atoms with E-state index < -0.39 is 0 Å². The molecule has 0 aliphatic carbocycles. The molecule has 0 radical (unpaired) electrons. The second-order valence-electron chi connectivity index (χ2n) is 2.91. The van der Waals surface area contributed by atoms with E-state index in [1.807, 2.05) is 0 Å². The van der Waals surface area contributed by atoms with Crippen LogP contribution >= 0.6 is 22.7 Å². The van der Waals surface area contributed by atoms with Crippen molar-refractivity contribution >= 4 is 22.7 Å². The topological polar surface area (TPSA) is 26.0 Å². The van der Waals surface area contributed by atoms with Crippen molar-refractivity contribution < 1.29 is 0 Å². The van der Waals surface area contributed by atoms with E-state index >= 15 is 0 Å². The van der Waals surface area contributed by atoms with Gasteiger partial charge in [-0.2, -0.15) is 0 Å². The summed E-state index contributed by atoms with van der Waals surface area (Å²) in [4.78, 5) is 2.71. The molecular weight excluding hydrogens is 198 g/mol. The fourth-order valence-corrected chi connectivity index (χ4v) is 3.43. The lowest BCUT2D eigenvalue weighted by molar-refractivity contribution is 1.08. The van der Waals surface area contributed by atoms with Crippen molar-refractivity contribution in [2.45, 2.75) is 13.5 Å². The second-order valence-corrected chi connectivity index (χ2v) is 4.74. The van der Waals surface area contributed by atoms with Crippen LogP contribution < -0.4 is 5.73 Å². The lowest BCUT2D eigenvalue weighted by Gasteiger charge is -1.99. The zero-order chi connectivity index (χ0) is 9.26. The molecule has 0 bridgehead atoms. The Kier molecular flexibility index (Phi) is 2.49. The fraction of sp³-hybridized carbons (Fsp3) is 0.200. The minimum atomic E-state index is 0.635. The average molecular weight is 209 g/mol. The second kappa shape index (κ2) is 3.62. The average Bonchev–Trinajstić information content (AvgIpc) is 2.71. The monoisotopic (exact) mass is 209 g/mol. The van der Waals surface area contributed by atoms with Crippen molar-refractivity contribution in [2.75, 3.05) is 0 Å². The van der Waals surface area contributed by atoms with Gasteiger partial charge < -0.3 is 5.73 Å². The van der Waals surface area contributed by atoms with Gasteiger partial charge in [0.25, 0.3) is 0 Å². The van der Waals surface area contributed by atoms with Crippen molar-refractivity contribution in [1.29, 1.82) is 0 Å². The first-order chi connectivity index (χ1) is 6.33. The summed E-state index contributed by atoms with van der Waals surface area (Å²) in [6.45, 7) is 2.78. The molecule has 0 atom stereocenters. The maximum atomic E-state index is 5.66. The van der Waals surface area contributed by atoms with Crippen molar-refractivity contribution in [3.8, 4) is 9.75 Å². The van der Waals surface area contributed by atoms with Gasteiger partial charge >= 0.3 is 0 Å². The Morgan fingerprint density at radius 2 is 1.85 bits per heavy atom. The number of aryl methyl sites for hydroxylation is 1. The number of thiophene rings is 2. The first-order valence-electron chi connectivity index (χ1n) is 4.14. The lowest BCUT2D eigenvalue weighted by atomic mass is 10.2. The van der Waals surface area contributed by atoms with Gasteiger partial charge in [0, 0.05) is 16.3 Å². The van der Waals surface area contributed by atoms with E-state index in [2.05, 4.69) is 29.8 Å². The van der Waals surface area contributed by atoms with Crippen molar-refractivity contribution in [1.82, 2.24) is 0 Å². The van der Waals surface area contributed by atoms with Crippen LogP contribution in [0.15, 0.2) is 22.9 Å². The van der Waals surface area contributed by atoms with Crippen LogP contribution in [0.1, 0.15) is 11.1 Å². The Labute approximate surface area is 85.8 Å². The van der Waals surface area contributed by atoms with E-state index in [4.69, 9.17) is 5.73 Å². The van der Waals surface area contributed by atoms with E-state index in [0.717, 1.165) is 0 Å². The van der Waals surface area contributed by atoms with Crippen molar-refractivity contribution in [2.24, 2.45) is 5.73 Å². The zero-order valence-corrected chi connectivity index (χ0v) is 9.04. The van der Waals surface area contributed by atoms with Crippen LogP contribution in [0.2, 0.25) is 0 Å². The molecule has 0 fully saturated rings. The summed E-state index contributed by atoms with van der Waals surface area (Å²) in [6, 6.07) is 4.26. The molecule has 0 aromatic carbocycles. The van der Waals surface area contributed by atoms with Gasteiger partial charge in [0.2, 0.25) is 0 Å². The summed E-state index contributed by atoms with van der Waals surface area (Å²) in [5, 5.41) is 4.24. The van der Waals surface area contributed by atoms with Gasteiger partial charge in [0.1, 0.15) is 0 Å². The molecule has 0 amide bonds. The largest absolute Gasteiger partial charge is 0.326 e. The standard InChI is InChI=1S/C10H11NS2/c1-7-2-4-12-9(7)10-8(6-11)3-5-13-10/h2-5H,6,11H2,1H3. The third-order valence-corrected chi connectivity index (χ3v) is 4.17. The van der Waals surface area contributed by atoms with Crippen LogP contribution in [-0.4, -0.2) is 0 Å². The molecule has 68 valence electrons. The molecule has 2 aromatic rings. The van der Waals surface area contributed by atoms with Crippen LogP contribution in [0, 0.1) is 6.92 Å². The summed E-state index contributed by atoms with van der Waals surface area (Å²) in [7, 11) is 0. The maximum absolute atomic E-state index is 5.66. The van der Waals surface area contributed by atoms with E-state index in [-0.39, 0.29) is 0 Å². The van der Waals surface area contributed by atoms with Gasteiger partial charge in [-0.05, 0) is 40.9 Å². The first-order valence-corrected chi connectivity index (χ1v) is 5.89. The predicted molar refractivity (Wildman–Crippen MR) is 60.3 cm³/mol. The van der Waals surface area contributed by atoms with Gasteiger partial charge in [-0.3, -0.25) is 0 Å². The Hall–Kier alpha value is -0.640. The molecule has 0 aliphatic heterocycles. The zero-order valence-electron chi connectivity index (χ0n) is 7.41. The summed E-state index contributed by atoms with van der Waals surface area (Å²) in [5.41, 5.74) is 8.27. The molecule has 0 spiro atoms. The van der Waals surface area contributed by atoms with Crippen LogP contribution in [0.5, 0.6) is 0 Å².